The Balaban J connectivity index is 2.26. The molecule has 0 saturated carbocycles. The van der Waals surface area contributed by atoms with Crippen LogP contribution in [0, 0.1) is 5.41 Å². The molecule has 1 unspecified atom stereocenters. The highest BCUT2D eigenvalue weighted by molar-refractivity contribution is 5.71. The zero-order valence-corrected chi connectivity index (χ0v) is 11.4. The van der Waals surface area contributed by atoms with Crippen LogP contribution in [-0.4, -0.2) is 34.4 Å². The van der Waals surface area contributed by atoms with E-state index < -0.39 is 0 Å². The number of carbonyl (C=O) groups is 1. The molecule has 1 N–H and O–H groups in total. The number of nitrogens with one attached hydrogen (secondary N) is 1. The summed E-state index contributed by atoms with van der Waals surface area (Å²) in [6.07, 6.45) is 1.13. The fourth-order valence-electron chi connectivity index (χ4n) is 2.22. The molecule has 0 fully saturated rings. The van der Waals surface area contributed by atoms with Gasteiger partial charge in [-0.15, -0.1) is 0 Å². The Morgan fingerprint density at radius 1 is 1.56 bits per heavy atom. The lowest BCUT2D eigenvalue weighted by molar-refractivity contribution is -0.139. The highest BCUT2D eigenvalue weighted by Crippen LogP contribution is 2.36. The second kappa shape index (κ2) is 4.59. The maximum atomic E-state index is 11.2. The summed E-state index contributed by atoms with van der Waals surface area (Å²) >= 11 is 0. The van der Waals surface area contributed by atoms with Crippen molar-refractivity contribution in [3.63, 3.8) is 0 Å². The quantitative estimate of drug-likeness (QED) is 0.806. The molecule has 0 spiro atoms. The van der Waals surface area contributed by atoms with E-state index in [9.17, 15) is 4.79 Å². The van der Waals surface area contributed by atoms with E-state index in [1.807, 2.05) is 4.68 Å². The number of rotatable bonds is 2. The molecule has 1 atom stereocenters. The van der Waals surface area contributed by atoms with Gasteiger partial charge in [-0.3, -0.25) is 4.79 Å². The first kappa shape index (κ1) is 12.9. The van der Waals surface area contributed by atoms with Gasteiger partial charge in [-0.2, -0.15) is 10.1 Å². The van der Waals surface area contributed by atoms with Crippen LogP contribution in [-0.2, 0) is 16.0 Å². The first-order valence-corrected chi connectivity index (χ1v) is 6.18. The van der Waals surface area contributed by atoms with Crippen molar-refractivity contribution >= 4 is 11.9 Å². The number of ether oxygens (including phenoxy) is 1. The molecule has 2 heterocycles. The molecule has 0 aromatic carbocycles. The van der Waals surface area contributed by atoms with Crippen molar-refractivity contribution < 1.29 is 9.53 Å². The Morgan fingerprint density at radius 3 is 2.89 bits per heavy atom. The number of aromatic nitrogens is 3. The van der Waals surface area contributed by atoms with Crippen LogP contribution >= 0.6 is 0 Å². The minimum Gasteiger partial charge on any atom is -0.469 e. The SMILES string of the molecule is COC(=O)Cc1nc2n(n1)C(C(C)(C)C)CCN2. The van der Waals surface area contributed by atoms with Crippen LogP contribution in [0.15, 0.2) is 0 Å². The van der Waals surface area contributed by atoms with Gasteiger partial charge in [-0.1, -0.05) is 20.8 Å². The van der Waals surface area contributed by atoms with Gasteiger partial charge in [-0.05, 0) is 11.8 Å². The van der Waals surface area contributed by atoms with E-state index in [2.05, 4.69) is 40.9 Å². The van der Waals surface area contributed by atoms with Gasteiger partial charge in [0.2, 0.25) is 5.95 Å². The Bertz CT molecular complexity index is 447. The van der Waals surface area contributed by atoms with Gasteiger partial charge in [-0.25, -0.2) is 4.68 Å². The molecule has 0 radical (unpaired) electrons. The first-order chi connectivity index (χ1) is 8.41. The number of fused-ring (bicyclic) bond motifs is 1. The predicted molar refractivity (Wildman–Crippen MR) is 67.3 cm³/mol. The van der Waals surface area contributed by atoms with E-state index in [-0.39, 0.29) is 17.8 Å². The second-order valence-electron chi connectivity index (χ2n) is 5.65. The first-order valence-electron chi connectivity index (χ1n) is 6.18. The maximum Gasteiger partial charge on any atom is 0.313 e. The summed E-state index contributed by atoms with van der Waals surface area (Å²) in [6, 6.07) is 0.299. The third-order valence-electron chi connectivity index (χ3n) is 3.20. The number of anilines is 1. The molecule has 1 aromatic rings. The summed E-state index contributed by atoms with van der Waals surface area (Å²) < 4.78 is 6.54. The van der Waals surface area contributed by atoms with E-state index in [1.165, 1.54) is 7.11 Å². The van der Waals surface area contributed by atoms with E-state index in [0.717, 1.165) is 18.9 Å². The molecule has 18 heavy (non-hydrogen) atoms. The standard InChI is InChI=1S/C12H20N4O2/c1-12(2,3)8-5-6-13-11-14-9(15-16(8)11)7-10(17)18-4/h8H,5-7H2,1-4H3,(H,13,14,15). The minimum absolute atomic E-state index is 0.118. The average Bonchev–Trinajstić information content (AvgIpc) is 2.68. The fourth-order valence-corrected chi connectivity index (χ4v) is 2.22. The minimum atomic E-state index is -0.315. The molecule has 0 aliphatic carbocycles. The van der Waals surface area contributed by atoms with Gasteiger partial charge in [0.05, 0.1) is 13.2 Å². The molecule has 0 amide bonds. The number of nitrogens with zero attached hydrogens (tertiary/aromatic N) is 3. The normalized spacial score (nSPS) is 19.0. The van der Waals surface area contributed by atoms with Crippen molar-refractivity contribution in [1.29, 1.82) is 0 Å². The summed E-state index contributed by atoms with van der Waals surface area (Å²) in [7, 11) is 1.37. The molecule has 2 rings (SSSR count). The summed E-state index contributed by atoms with van der Waals surface area (Å²) in [5.74, 6) is 0.950. The molecular weight excluding hydrogens is 232 g/mol. The van der Waals surface area contributed by atoms with Gasteiger partial charge >= 0.3 is 5.97 Å². The van der Waals surface area contributed by atoms with Gasteiger partial charge in [0.25, 0.3) is 0 Å². The smallest absolute Gasteiger partial charge is 0.313 e. The van der Waals surface area contributed by atoms with Crippen LogP contribution in [0.2, 0.25) is 0 Å². The maximum absolute atomic E-state index is 11.2. The zero-order valence-electron chi connectivity index (χ0n) is 11.4. The number of hydrogen-bond acceptors (Lipinski definition) is 5. The van der Waals surface area contributed by atoms with Gasteiger partial charge in [0.1, 0.15) is 6.42 Å². The molecule has 100 valence electrons. The fraction of sp³-hybridized carbons (Fsp3) is 0.750. The van der Waals surface area contributed by atoms with Crippen LogP contribution in [0.5, 0.6) is 0 Å². The van der Waals surface area contributed by atoms with Gasteiger partial charge < -0.3 is 10.1 Å². The Kier molecular flexibility index (Phi) is 3.28. The molecule has 0 bridgehead atoms. The Labute approximate surface area is 107 Å². The van der Waals surface area contributed by atoms with Crippen molar-refractivity contribution in [2.45, 2.75) is 39.7 Å². The Hall–Kier alpha value is -1.59. The number of methoxy groups -OCH3 is 1. The van der Waals surface area contributed by atoms with Crippen molar-refractivity contribution in [2.24, 2.45) is 5.41 Å². The number of hydrogen-bond donors (Lipinski definition) is 1. The molecule has 1 aliphatic rings. The van der Waals surface area contributed by atoms with Crippen LogP contribution in [0.3, 0.4) is 0 Å². The lowest BCUT2D eigenvalue weighted by Gasteiger charge is -2.34. The molecule has 6 heteroatoms. The highest BCUT2D eigenvalue weighted by Gasteiger charge is 2.32. The lowest BCUT2D eigenvalue weighted by Crippen LogP contribution is -2.32. The third-order valence-corrected chi connectivity index (χ3v) is 3.20. The number of carbonyl (C=O) groups excluding carboxylic acids is 1. The Morgan fingerprint density at radius 2 is 2.28 bits per heavy atom. The largest absolute Gasteiger partial charge is 0.469 e. The third kappa shape index (κ3) is 2.47. The molecule has 1 aliphatic heterocycles. The summed E-state index contributed by atoms with van der Waals surface area (Å²) in [5, 5.41) is 7.64. The van der Waals surface area contributed by atoms with Crippen molar-refractivity contribution in [2.75, 3.05) is 19.0 Å². The van der Waals surface area contributed by atoms with Gasteiger partial charge in [0, 0.05) is 6.54 Å². The molecular formula is C12H20N4O2. The topological polar surface area (TPSA) is 69.0 Å². The molecule has 6 nitrogen and oxygen atoms in total. The number of esters is 1. The average molecular weight is 252 g/mol. The monoisotopic (exact) mass is 252 g/mol. The predicted octanol–water partition coefficient (Wildman–Crippen LogP) is 1.40. The van der Waals surface area contributed by atoms with Crippen molar-refractivity contribution in [1.82, 2.24) is 14.8 Å². The summed E-state index contributed by atoms with van der Waals surface area (Å²) in [5.41, 5.74) is 0.118. The van der Waals surface area contributed by atoms with Gasteiger partial charge in [0.15, 0.2) is 5.82 Å². The van der Waals surface area contributed by atoms with Crippen LogP contribution in [0.1, 0.15) is 39.1 Å². The zero-order chi connectivity index (χ0) is 13.3. The summed E-state index contributed by atoms with van der Waals surface area (Å²) in [4.78, 5) is 15.6. The van der Waals surface area contributed by atoms with E-state index in [0.29, 0.717) is 11.9 Å². The lowest BCUT2D eigenvalue weighted by atomic mass is 9.84. The van der Waals surface area contributed by atoms with E-state index >= 15 is 0 Å². The highest BCUT2D eigenvalue weighted by atomic mass is 16.5. The molecule has 0 saturated heterocycles. The van der Waals surface area contributed by atoms with Crippen LogP contribution < -0.4 is 5.32 Å². The van der Waals surface area contributed by atoms with Crippen LogP contribution in [0.25, 0.3) is 0 Å². The van der Waals surface area contributed by atoms with Crippen LogP contribution in [0.4, 0.5) is 5.95 Å². The van der Waals surface area contributed by atoms with Crippen molar-refractivity contribution in [3.05, 3.63) is 5.82 Å². The second-order valence-corrected chi connectivity index (χ2v) is 5.65. The van der Waals surface area contributed by atoms with Crippen molar-refractivity contribution in [3.8, 4) is 0 Å². The summed E-state index contributed by atoms with van der Waals surface area (Å²) in [6.45, 7) is 7.45. The van der Waals surface area contributed by atoms with E-state index in [4.69, 9.17) is 0 Å². The molecule has 1 aromatic heterocycles. The van der Waals surface area contributed by atoms with E-state index in [1.54, 1.807) is 0 Å².